The number of hydrogen-bond donors (Lipinski definition) is 3. The Labute approximate surface area is 101 Å². The first kappa shape index (κ1) is 13.8. The maximum atomic E-state index is 12.2. The van der Waals surface area contributed by atoms with Gasteiger partial charge in [-0.05, 0) is 19.3 Å². The molecule has 1 heterocycles. The van der Waals surface area contributed by atoms with Crippen molar-refractivity contribution in [1.29, 1.82) is 0 Å². The fourth-order valence-electron chi connectivity index (χ4n) is 2.06. The van der Waals surface area contributed by atoms with Gasteiger partial charge in [0, 0.05) is 13.1 Å². The highest BCUT2D eigenvalue weighted by Gasteiger charge is 2.29. The molecular formula is C11H21N3O3. The number of rotatable bonds is 4. The number of nitrogens with zero attached hydrogens (tertiary/aromatic N) is 2. The van der Waals surface area contributed by atoms with Crippen molar-refractivity contribution in [3.05, 3.63) is 0 Å². The van der Waals surface area contributed by atoms with E-state index in [1.165, 1.54) is 0 Å². The summed E-state index contributed by atoms with van der Waals surface area (Å²) in [4.78, 5) is 13.9. The summed E-state index contributed by atoms with van der Waals surface area (Å²) in [5.74, 6) is -0.669. The van der Waals surface area contributed by atoms with Crippen LogP contribution >= 0.6 is 0 Å². The van der Waals surface area contributed by atoms with E-state index in [-0.39, 0.29) is 17.8 Å². The highest BCUT2D eigenvalue weighted by atomic mass is 16.4. The predicted molar refractivity (Wildman–Crippen MR) is 63.6 cm³/mol. The third-order valence-corrected chi connectivity index (χ3v) is 3.12. The molecule has 1 atom stereocenters. The van der Waals surface area contributed by atoms with Crippen molar-refractivity contribution in [3.63, 3.8) is 0 Å². The van der Waals surface area contributed by atoms with Crippen LogP contribution in [-0.4, -0.2) is 46.1 Å². The van der Waals surface area contributed by atoms with Crippen LogP contribution in [0.5, 0.6) is 0 Å². The number of oxime groups is 1. The van der Waals surface area contributed by atoms with Gasteiger partial charge < -0.3 is 20.9 Å². The van der Waals surface area contributed by atoms with Crippen LogP contribution in [0.1, 0.15) is 32.6 Å². The molecule has 1 unspecified atom stereocenters. The van der Waals surface area contributed by atoms with Gasteiger partial charge in [-0.2, -0.15) is 0 Å². The first-order chi connectivity index (χ1) is 8.10. The Morgan fingerprint density at radius 2 is 2.12 bits per heavy atom. The van der Waals surface area contributed by atoms with Crippen molar-refractivity contribution in [2.24, 2.45) is 16.8 Å². The van der Waals surface area contributed by atoms with Crippen molar-refractivity contribution >= 4 is 11.7 Å². The van der Waals surface area contributed by atoms with Crippen molar-refractivity contribution in [3.8, 4) is 0 Å². The highest BCUT2D eigenvalue weighted by Crippen LogP contribution is 2.16. The van der Waals surface area contributed by atoms with Gasteiger partial charge in [0.1, 0.15) is 0 Å². The largest absolute Gasteiger partial charge is 0.409 e. The van der Waals surface area contributed by atoms with Gasteiger partial charge in [-0.15, -0.1) is 0 Å². The number of carbonyl (C=O) groups excluding carboxylic acids is 1. The lowest BCUT2D eigenvalue weighted by molar-refractivity contribution is -0.135. The Kier molecular flexibility index (Phi) is 5.21. The van der Waals surface area contributed by atoms with Crippen LogP contribution in [-0.2, 0) is 4.79 Å². The number of likely N-dealkylation sites (tertiary alicyclic amines) is 1. The summed E-state index contributed by atoms with van der Waals surface area (Å²) in [5, 5.41) is 21.0. The Morgan fingerprint density at radius 1 is 1.53 bits per heavy atom. The SMILES string of the molecule is CCCC(C(=O)N1CCC(O)CC1)/C(N)=N/O. The molecule has 1 aliphatic rings. The smallest absolute Gasteiger partial charge is 0.233 e. The first-order valence-corrected chi connectivity index (χ1v) is 6.04. The lowest BCUT2D eigenvalue weighted by atomic mass is 9.98. The van der Waals surface area contributed by atoms with Crippen LogP contribution in [0.3, 0.4) is 0 Å². The zero-order chi connectivity index (χ0) is 12.8. The summed E-state index contributed by atoms with van der Waals surface area (Å²) in [6.07, 6.45) is 2.26. The lowest BCUT2D eigenvalue weighted by Crippen LogP contribution is -2.46. The van der Waals surface area contributed by atoms with Crippen molar-refractivity contribution in [1.82, 2.24) is 4.90 Å². The summed E-state index contributed by atoms with van der Waals surface area (Å²) >= 11 is 0. The molecule has 0 radical (unpaired) electrons. The van der Waals surface area contributed by atoms with E-state index in [1.54, 1.807) is 4.90 Å². The monoisotopic (exact) mass is 243 g/mol. The van der Waals surface area contributed by atoms with Gasteiger partial charge in [-0.25, -0.2) is 0 Å². The Morgan fingerprint density at radius 3 is 2.59 bits per heavy atom. The van der Waals surface area contributed by atoms with E-state index in [4.69, 9.17) is 10.9 Å². The van der Waals surface area contributed by atoms with Crippen LogP contribution in [0.2, 0.25) is 0 Å². The van der Waals surface area contributed by atoms with Crippen molar-refractivity contribution < 1.29 is 15.1 Å². The van der Waals surface area contributed by atoms with E-state index in [1.807, 2.05) is 6.92 Å². The van der Waals surface area contributed by atoms with Crippen molar-refractivity contribution in [2.75, 3.05) is 13.1 Å². The second kappa shape index (κ2) is 6.44. The molecule has 1 amide bonds. The third kappa shape index (κ3) is 3.59. The van der Waals surface area contributed by atoms with Crippen LogP contribution in [0.15, 0.2) is 5.16 Å². The molecule has 0 bridgehead atoms. The number of aliphatic hydroxyl groups excluding tert-OH is 1. The minimum absolute atomic E-state index is 0.0250. The predicted octanol–water partition coefficient (Wildman–Crippen LogP) is 0.132. The van der Waals surface area contributed by atoms with Gasteiger partial charge >= 0.3 is 0 Å². The molecule has 1 saturated heterocycles. The molecule has 4 N–H and O–H groups in total. The number of hydrogen-bond acceptors (Lipinski definition) is 4. The second-order valence-corrected chi connectivity index (χ2v) is 4.42. The topological polar surface area (TPSA) is 99.2 Å². The zero-order valence-electron chi connectivity index (χ0n) is 10.2. The number of amides is 1. The maximum Gasteiger partial charge on any atom is 0.233 e. The molecule has 0 aromatic carbocycles. The average molecular weight is 243 g/mol. The number of aliphatic hydroxyl groups is 1. The fourth-order valence-corrected chi connectivity index (χ4v) is 2.06. The molecule has 6 nitrogen and oxygen atoms in total. The molecule has 0 aliphatic carbocycles. The van der Waals surface area contributed by atoms with E-state index in [0.717, 1.165) is 6.42 Å². The van der Waals surface area contributed by atoms with Crippen LogP contribution in [0.4, 0.5) is 0 Å². The van der Waals surface area contributed by atoms with Crippen LogP contribution in [0.25, 0.3) is 0 Å². The molecule has 6 heteroatoms. The first-order valence-electron chi connectivity index (χ1n) is 6.04. The van der Waals surface area contributed by atoms with Gasteiger partial charge in [-0.1, -0.05) is 18.5 Å². The molecule has 1 fully saturated rings. The highest BCUT2D eigenvalue weighted by molar-refractivity contribution is 6.02. The molecule has 0 saturated carbocycles. The van der Waals surface area contributed by atoms with E-state index in [2.05, 4.69) is 5.16 Å². The van der Waals surface area contributed by atoms with E-state index in [9.17, 15) is 9.90 Å². The van der Waals surface area contributed by atoms with E-state index >= 15 is 0 Å². The van der Waals surface area contributed by atoms with Gasteiger partial charge in [0.15, 0.2) is 5.84 Å². The number of amidine groups is 1. The van der Waals surface area contributed by atoms with Gasteiger partial charge in [0.2, 0.25) is 5.91 Å². The van der Waals surface area contributed by atoms with Gasteiger partial charge in [0.25, 0.3) is 0 Å². The number of carbonyl (C=O) groups is 1. The van der Waals surface area contributed by atoms with E-state index < -0.39 is 5.92 Å². The van der Waals surface area contributed by atoms with Crippen LogP contribution < -0.4 is 5.73 Å². The number of piperidine rings is 1. The quantitative estimate of drug-likeness (QED) is 0.283. The fraction of sp³-hybridized carbons (Fsp3) is 0.818. The minimum Gasteiger partial charge on any atom is -0.409 e. The normalized spacial score (nSPS) is 20.4. The third-order valence-electron chi connectivity index (χ3n) is 3.12. The molecule has 1 rings (SSSR count). The molecule has 1 aliphatic heterocycles. The summed E-state index contributed by atoms with van der Waals surface area (Å²) in [5.41, 5.74) is 5.54. The van der Waals surface area contributed by atoms with Crippen molar-refractivity contribution in [2.45, 2.75) is 38.7 Å². The summed E-state index contributed by atoms with van der Waals surface area (Å²) in [6, 6.07) is 0. The minimum atomic E-state index is -0.541. The second-order valence-electron chi connectivity index (χ2n) is 4.42. The standard InChI is InChI=1S/C11H21N3O3/c1-2-3-9(10(12)13-17)11(16)14-6-4-8(15)5-7-14/h8-9,15,17H,2-7H2,1H3,(H2,12,13). The number of nitrogens with two attached hydrogens (primary N) is 1. The average Bonchev–Trinajstić information content (AvgIpc) is 2.35. The summed E-state index contributed by atoms with van der Waals surface area (Å²) in [6.45, 7) is 3.03. The lowest BCUT2D eigenvalue weighted by Gasteiger charge is -2.32. The molecular weight excluding hydrogens is 222 g/mol. The van der Waals surface area contributed by atoms with Crippen LogP contribution in [0, 0.1) is 5.92 Å². The molecule has 98 valence electrons. The zero-order valence-corrected chi connectivity index (χ0v) is 10.2. The Hall–Kier alpha value is -1.30. The molecule has 0 spiro atoms. The molecule has 0 aromatic heterocycles. The van der Waals surface area contributed by atoms with Gasteiger partial charge in [0.05, 0.1) is 12.0 Å². The Bertz CT molecular complexity index is 286. The Balaban J connectivity index is 2.64. The maximum absolute atomic E-state index is 12.2. The summed E-state index contributed by atoms with van der Waals surface area (Å²) < 4.78 is 0. The van der Waals surface area contributed by atoms with Gasteiger partial charge in [-0.3, -0.25) is 4.79 Å². The summed E-state index contributed by atoms with van der Waals surface area (Å²) in [7, 11) is 0. The van der Waals surface area contributed by atoms with E-state index in [0.29, 0.717) is 32.4 Å². The molecule has 17 heavy (non-hydrogen) atoms. The molecule has 0 aromatic rings.